The summed E-state index contributed by atoms with van der Waals surface area (Å²) in [6.07, 6.45) is 1.47. The quantitative estimate of drug-likeness (QED) is 0.455. The number of carbonyl (C=O) groups excluding carboxylic acids is 2. The number of amides is 2. The Bertz CT molecular complexity index is 1010. The monoisotopic (exact) mass is 540 g/mol. The smallest absolute Gasteiger partial charge is 0.409 e. The molecule has 0 unspecified atom stereocenters. The van der Waals surface area contributed by atoms with Gasteiger partial charge in [-0.3, -0.25) is 4.79 Å². The number of carbonyl (C=O) groups is 2. The van der Waals surface area contributed by atoms with E-state index in [0.29, 0.717) is 57.1 Å². The maximum atomic E-state index is 13.2. The van der Waals surface area contributed by atoms with E-state index in [4.69, 9.17) is 14.2 Å². The first-order chi connectivity index (χ1) is 17.8. The van der Waals surface area contributed by atoms with Gasteiger partial charge in [0, 0.05) is 45.8 Å². The predicted octanol–water partition coefficient (Wildman–Crippen LogP) is 1.87. The third kappa shape index (κ3) is 7.71. The van der Waals surface area contributed by atoms with Crippen LogP contribution in [0.1, 0.15) is 39.2 Å². The fraction of sp³-hybridized carbons (Fsp3) is 0.680. The molecule has 37 heavy (non-hydrogen) atoms. The van der Waals surface area contributed by atoms with Crippen LogP contribution < -0.4 is 14.8 Å². The number of benzene rings is 1. The van der Waals surface area contributed by atoms with E-state index in [0.717, 1.165) is 5.56 Å². The van der Waals surface area contributed by atoms with Crippen molar-refractivity contribution in [2.45, 2.75) is 40.0 Å². The van der Waals surface area contributed by atoms with Gasteiger partial charge in [-0.15, -0.1) is 0 Å². The van der Waals surface area contributed by atoms with Gasteiger partial charge in [-0.1, -0.05) is 6.07 Å². The van der Waals surface area contributed by atoms with Gasteiger partial charge in [0.1, 0.15) is 0 Å². The second kappa shape index (κ2) is 13.8. The van der Waals surface area contributed by atoms with Crippen molar-refractivity contribution in [3.05, 3.63) is 23.8 Å². The molecule has 2 saturated heterocycles. The van der Waals surface area contributed by atoms with E-state index in [9.17, 15) is 18.0 Å². The summed E-state index contributed by atoms with van der Waals surface area (Å²) in [5.74, 6) is 0.846. The van der Waals surface area contributed by atoms with Crippen molar-refractivity contribution in [1.82, 2.24) is 18.8 Å². The Kier molecular flexibility index (Phi) is 10.8. The minimum atomic E-state index is -3.71. The van der Waals surface area contributed by atoms with Gasteiger partial charge in [-0.25, -0.2) is 4.79 Å². The van der Waals surface area contributed by atoms with Gasteiger partial charge < -0.3 is 24.4 Å². The van der Waals surface area contributed by atoms with Crippen LogP contribution in [0.25, 0.3) is 0 Å². The van der Waals surface area contributed by atoms with E-state index in [1.54, 1.807) is 6.92 Å². The lowest BCUT2D eigenvalue weighted by molar-refractivity contribution is -0.126. The average molecular weight is 541 g/mol. The molecule has 2 amide bonds. The first kappa shape index (κ1) is 29.0. The van der Waals surface area contributed by atoms with E-state index in [1.165, 1.54) is 13.5 Å². The molecule has 1 aromatic rings. The highest BCUT2D eigenvalue weighted by Crippen LogP contribution is 2.29. The van der Waals surface area contributed by atoms with Crippen LogP contribution in [0.2, 0.25) is 0 Å². The molecule has 1 aromatic carbocycles. The number of hydrogen-bond acceptors (Lipinski definition) is 7. The van der Waals surface area contributed by atoms with Gasteiger partial charge in [-0.2, -0.15) is 17.0 Å². The first-order valence-electron chi connectivity index (χ1n) is 13.1. The van der Waals surface area contributed by atoms with Gasteiger partial charge in [0.15, 0.2) is 11.5 Å². The maximum absolute atomic E-state index is 13.2. The lowest BCUT2D eigenvalue weighted by Crippen LogP contribution is -2.56. The molecule has 11 nitrogen and oxygen atoms in total. The lowest BCUT2D eigenvalue weighted by Gasteiger charge is -2.38. The van der Waals surface area contributed by atoms with Gasteiger partial charge >= 0.3 is 6.09 Å². The fourth-order valence-electron chi connectivity index (χ4n) is 4.57. The zero-order valence-electron chi connectivity index (χ0n) is 22.1. The minimum absolute atomic E-state index is 0.136. The first-order valence-corrected chi connectivity index (χ1v) is 14.5. The van der Waals surface area contributed by atoms with Gasteiger partial charge in [0.2, 0.25) is 5.91 Å². The molecule has 2 fully saturated rings. The SMILES string of the molecule is CCOC(=O)N1CCN(S(=O)(=O)N2CCC[C@H](C(=O)NCCc3ccc(OCC)c(OCC)c3)C2)CC1. The Balaban J connectivity index is 1.50. The van der Waals surface area contributed by atoms with Crippen molar-refractivity contribution >= 4 is 22.2 Å². The molecule has 0 aromatic heterocycles. The molecular weight excluding hydrogens is 500 g/mol. The highest BCUT2D eigenvalue weighted by Gasteiger charge is 2.37. The Morgan fingerprint density at radius 2 is 1.65 bits per heavy atom. The third-order valence-electron chi connectivity index (χ3n) is 6.49. The minimum Gasteiger partial charge on any atom is -0.490 e. The lowest BCUT2D eigenvalue weighted by atomic mass is 9.99. The molecule has 0 bridgehead atoms. The van der Waals surface area contributed by atoms with E-state index < -0.39 is 22.2 Å². The summed E-state index contributed by atoms with van der Waals surface area (Å²) in [4.78, 5) is 26.3. The summed E-state index contributed by atoms with van der Waals surface area (Å²) in [5, 5.41) is 2.97. The van der Waals surface area contributed by atoms with Crippen molar-refractivity contribution in [2.24, 2.45) is 5.92 Å². The molecule has 1 N–H and O–H groups in total. The van der Waals surface area contributed by atoms with E-state index in [-0.39, 0.29) is 45.2 Å². The van der Waals surface area contributed by atoms with Gasteiger partial charge in [-0.05, 0) is 57.7 Å². The molecule has 0 aliphatic carbocycles. The summed E-state index contributed by atoms with van der Waals surface area (Å²) in [6, 6.07) is 5.76. The maximum Gasteiger partial charge on any atom is 0.409 e. The highest BCUT2D eigenvalue weighted by atomic mass is 32.2. The number of piperazine rings is 1. The summed E-state index contributed by atoms with van der Waals surface area (Å²) >= 11 is 0. The fourth-order valence-corrected chi connectivity index (χ4v) is 6.25. The van der Waals surface area contributed by atoms with Crippen molar-refractivity contribution in [3.8, 4) is 11.5 Å². The zero-order chi connectivity index (χ0) is 26.8. The molecule has 0 spiro atoms. The van der Waals surface area contributed by atoms with Crippen molar-refractivity contribution in [2.75, 3.05) is 65.6 Å². The van der Waals surface area contributed by atoms with Gasteiger partial charge in [0.25, 0.3) is 10.2 Å². The van der Waals surface area contributed by atoms with Crippen LogP contribution in [-0.4, -0.2) is 99.6 Å². The van der Waals surface area contributed by atoms with Crippen LogP contribution in [0.5, 0.6) is 11.5 Å². The summed E-state index contributed by atoms with van der Waals surface area (Å²) in [7, 11) is -3.71. The average Bonchev–Trinajstić information content (AvgIpc) is 2.90. The van der Waals surface area contributed by atoms with E-state index in [1.807, 2.05) is 32.0 Å². The van der Waals surface area contributed by atoms with Crippen molar-refractivity contribution in [3.63, 3.8) is 0 Å². The molecule has 2 heterocycles. The zero-order valence-corrected chi connectivity index (χ0v) is 22.9. The molecule has 0 saturated carbocycles. The molecule has 2 aliphatic rings. The van der Waals surface area contributed by atoms with Crippen LogP contribution in [-0.2, 0) is 26.2 Å². The number of nitrogens with zero attached hydrogens (tertiary/aromatic N) is 3. The van der Waals surface area contributed by atoms with Crippen LogP contribution in [0.15, 0.2) is 18.2 Å². The predicted molar refractivity (Wildman–Crippen MR) is 139 cm³/mol. The van der Waals surface area contributed by atoms with E-state index in [2.05, 4.69) is 5.32 Å². The van der Waals surface area contributed by atoms with Crippen LogP contribution in [0.3, 0.4) is 0 Å². The van der Waals surface area contributed by atoms with Crippen molar-refractivity contribution < 1.29 is 32.2 Å². The molecule has 208 valence electrons. The van der Waals surface area contributed by atoms with Gasteiger partial charge in [0.05, 0.1) is 25.7 Å². The van der Waals surface area contributed by atoms with Crippen molar-refractivity contribution in [1.29, 1.82) is 0 Å². The normalized spacial score (nSPS) is 19.3. The second-order valence-corrected chi connectivity index (χ2v) is 10.9. The summed E-state index contributed by atoms with van der Waals surface area (Å²) in [5.41, 5.74) is 1.02. The van der Waals surface area contributed by atoms with Crippen LogP contribution in [0.4, 0.5) is 4.79 Å². The number of nitrogens with one attached hydrogen (secondary N) is 1. The topological polar surface area (TPSA) is 118 Å². The second-order valence-electron chi connectivity index (χ2n) is 8.98. The molecule has 2 aliphatic heterocycles. The molecule has 12 heteroatoms. The number of ether oxygens (including phenoxy) is 3. The molecular formula is C25H40N4O7S. The molecule has 1 atom stereocenters. The van der Waals surface area contributed by atoms with E-state index >= 15 is 0 Å². The Hall–Kier alpha value is -2.57. The highest BCUT2D eigenvalue weighted by molar-refractivity contribution is 7.86. The number of piperidine rings is 1. The Labute approximate surface area is 220 Å². The van der Waals surface area contributed by atoms with Crippen LogP contribution >= 0.6 is 0 Å². The molecule has 3 rings (SSSR count). The number of hydrogen-bond donors (Lipinski definition) is 1. The summed E-state index contributed by atoms with van der Waals surface area (Å²) < 4.78 is 45.5. The third-order valence-corrected chi connectivity index (χ3v) is 8.49. The number of rotatable bonds is 11. The summed E-state index contributed by atoms with van der Waals surface area (Å²) in [6.45, 7) is 8.90. The molecule has 0 radical (unpaired) electrons. The Morgan fingerprint density at radius 3 is 2.32 bits per heavy atom. The standard InChI is InChI=1S/C25H40N4O7S/c1-4-34-22-10-9-20(18-23(22)35-5-2)11-12-26-24(30)21-8-7-13-29(19-21)37(32,33)28-16-14-27(15-17-28)25(31)36-6-3/h9-10,18,21H,4-8,11-17,19H2,1-3H3,(H,26,30)/t21-/m0/s1. The Morgan fingerprint density at radius 1 is 0.946 bits per heavy atom. The largest absolute Gasteiger partial charge is 0.490 e. The van der Waals surface area contributed by atoms with Crippen LogP contribution in [0, 0.1) is 5.92 Å².